The highest BCUT2D eigenvalue weighted by Crippen LogP contribution is 2.34. The van der Waals surface area contributed by atoms with Crippen LogP contribution in [0.25, 0.3) is 11.1 Å². The quantitative estimate of drug-likeness (QED) is 0.470. The van der Waals surface area contributed by atoms with E-state index in [0.717, 1.165) is 13.2 Å². The molecular weight excluding hydrogens is 290 g/mol. The van der Waals surface area contributed by atoms with Crippen LogP contribution in [0.3, 0.4) is 0 Å². The fourth-order valence-electron chi connectivity index (χ4n) is 1.94. The molecule has 1 nitrogen and oxygen atoms in total. The van der Waals surface area contributed by atoms with Gasteiger partial charge < -0.3 is 4.74 Å². The third-order valence-corrected chi connectivity index (χ3v) is 3.03. The minimum Gasteiger partial charge on any atom is -0.494 e. The Morgan fingerprint density at radius 2 is 1.52 bits per heavy atom. The molecule has 0 unspecified atom stereocenters. The van der Waals surface area contributed by atoms with E-state index in [4.69, 9.17) is 7.85 Å². The van der Waals surface area contributed by atoms with Crippen molar-refractivity contribution in [2.45, 2.75) is 6.92 Å². The lowest BCUT2D eigenvalue weighted by Crippen LogP contribution is -2.18. The van der Waals surface area contributed by atoms with Crippen LogP contribution in [0, 0.1) is 36.0 Å². The van der Waals surface area contributed by atoms with Crippen LogP contribution in [0.2, 0.25) is 0 Å². The average molecular weight is 298 g/mol. The summed E-state index contributed by atoms with van der Waals surface area (Å²) in [5, 5.41) is 0. The fraction of sp³-hybridized carbons (Fsp3) is 0.143. The van der Waals surface area contributed by atoms with Crippen molar-refractivity contribution in [2.75, 3.05) is 7.11 Å². The van der Waals surface area contributed by atoms with Crippen LogP contribution in [-0.2, 0) is 0 Å². The molecule has 0 fully saturated rings. The third kappa shape index (κ3) is 2.37. The standard InChI is InChI=1S/C14H8BF5O/c1-5-3-6(8(17)4-7(5)16)9-11(18)13(20)10(15)14(21-2)12(9)19/h3-4H,1-2H3. The lowest BCUT2D eigenvalue weighted by molar-refractivity contribution is 0.383. The largest absolute Gasteiger partial charge is 0.494 e. The molecule has 0 amide bonds. The molecule has 0 N–H and O–H groups in total. The predicted molar refractivity (Wildman–Crippen MR) is 68.3 cm³/mol. The molecule has 0 saturated carbocycles. The SMILES string of the molecule is [B]c1c(F)c(F)c(-c2cc(C)c(F)cc2F)c(F)c1OC. The van der Waals surface area contributed by atoms with E-state index in [0.29, 0.717) is 6.07 Å². The van der Waals surface area contributed by atoms with Crippen molar-refractivity contribution < 1.29 is 26.7 Å². The van der Waals surface area contributed by atoms with Gasteiger partial charge in [-0.1, -0.05) is 0 Å². The number of hydrogen-bond acceptors (Lipinski definition) is 1. The first-order valence-corrected chi connectivity index (χ1v) is 5.75. The van der Waals surface area contributed by atoms with Crippen LogP contribution in [0.15, 0.2) is 12.1 Å². The number of aryl methyl sites for hydroxylation is 1. The highest BCUT2D eigenvalue weighted by Gasteiger charge is 2.26. The molecule has 0 aromatic heterocycles. The van der Waals surface area contributed by atoms with Gasteiger partial charge in [-0.2, -0.15) is 0 Å². The number of rotatable bonds is 2. The van der Waals surface area contributed by atoms with Crippen molar-refractivity contribution in [3.8, 4) is 16.9 Å². The van der Waals surface area contributed by atoms with Gasteiger partial charge in [0, 0.05) is 11.6 Å². The van der Waals surface area contributed by atoms with E-state index in [1.807, 2.05) is 0 Å². The van der Waals surface area contributed by atoms with Gasteiger partial charge in [-0.3, -0.25) is 0 Å². The topological polar surface area (TPSA) is 9.23 Å². The number of ether oxygens (including phenoxy) is 1. The van der Waals surface area contributed by atoms with Gasteiger partial charge in [-0.25, -0.2) is 22.0 Å². The Morgan fingerprint density at radius 1 is 0.905 bits per heavy atom. The summed E-state index contributed by atoms with van der Waals surface area (Å²) in [6, 6.07) is 1.34. The molecule has 2 aromatic rings. The zero-order valence-electron chi connectivity index (χ0n) is 11.0. The van der Waals surface area contributed by atoms with E-state index in [1.54, 1.807) is 0 Å². The second kappa shape index (κ2) is 5.39. The first-order valence-electron chi connectivity index (χ1n) is 5.75. The van der Waals surface area contributed by atoms with E-state index >= 15 is 0 Å². The van der Waals surface area contributed by atoms with E-state index in [2.05, 4.69) is 4.74 Å². The summed E-state index contributed by atoms with van der Waals surface area (Å²) in [6.07, 6.45) is 0. The summed E-state index contributed by atoms with van der Waals surface area (Å²) in [5.74, 6) is -7.47. The molecule has 21 heavy (non-hydrogen) atoms. The maximum Gasteiger partial charge on any atom is 0.175 e. The smallest absolute Gasteiger partial charge is 0.175 e. The van der Waals surface area contributed by atoms with Gasteiger partial charge in [-0.05, 0) is 24.0 Å². The third-order valence-electron chi connectivity index (χ3n) is 3.03. The molecule has 0 spiro atoms. The minimum absolute atomic E-state index is 0.0543. The Kier molecular flexibility index (Phi) is 3.94. The summed E-state index contributed by atoms with van der Waals surface area (Å²) >= 11 is 0. The van der Waals surface area contributed by atoms with Crippen molar-refractivity contribution in [3.63, 3.8) is 0 Å². The minimum atomic E-state index is -1.67. The van der Waals surface area contributed by atoms with Gasteiger partial charge in [0.1, 0.15) is 19.5 Å². The van der Waals surface area contributed by atoms with Gasteiger partial charge in [-0.15, -0.1) is 0 Å². The summed E-state index contributed by atoms with van der Waals surface area (Å²) in [4.78, 5) is 0. The molecule has 2 rings (SSSR count). The van der Waals surface area contributed by atoms with Gasteiger partial charge in [0.05, 0.1) is 12.7 Å². The molecule has 2 radical (unpaired) electrons. The van der Waals surface area contributed by atoms with Crippen LogP contribution in [-0.4, -0.2) is 15.0 Å². The molecule has 0 bridgehead atoms. The highest BCUT2D eigenvalue weighted by molar-refractivity contribution is 6.34. The van der Waals surface area contributed by atoms with Crippen LogP contribution in [0.1, 0.15) is 5.56 Å². The second-order valence-corrected chi connectivity index (χ2v) is 4.35. The molecule has 0 aliphatic carbocycles. The van der Waals surface area contributed by atoms with Crippen LogP contribution >= 0.6 is 0 Å². The maximum absolute atomic E-state index is 14.2. The number of benzene rings is 2. The van der Waals surface area contributed by atoms with Gasteiger partial charge >= 0.3 is 0 Å². The van der Waals surface area contributed by atoms with Crippen molar-refractivity contribution in [3.05, 3.63) is 46.8 Å². The zero-order chi connectivity index (χ0) is 15.9. The zero-order valence-corrected chi connectivity index (χ0v) is 11.0. The summed E-state index contributed by atoms with van der Waals surface area (Å²) < 4.78 is 73.4. The highest BCUT2D eigenvalue weighted by atomic mass is 19.2. The molecule has 0 heterocycles. The molecule has 0 saturated heterocycles. The Bertz CT molecular complexity index is 730. The molecule has 7 heteroatoms. The Labute approximate surface area is 118 Å². The van der Waals surface area contributed by atoms with E-state index in [1.165, 1.54) is 6.92 Å². The lowest BCUT2D eigenvalue weighted by atomic mass is 9.89. The first-order chi connectivity index (χ1) is 9.79. The van der Waals surface area contributed by atoms with E-state index < -0.39 is 51.4 Å². The van der Waals surface area contributed by atoms with Gasteiger partial charge in [0.15, 0.2) is 23.2 Å². The molecule has 0 atom stereocenters. The summed E-state index contributed by atoms with van der Waals surface area (Å²) in [6.45, 7) is 1.28. The predicted octanol–water partition coefficient (Wildman–Crippen LogP) is 3.16. The van der Waals surface area contributed by atoms with Crippen molar-refractivity contribution in [2.24, 2.45) is 0 Å². The number of halogens is 5. The van der Waals surface area contributed by atoms with Crippen LogP contribution in [0.4, 0.5) is 22.0 Å². The van der Waals surface area contributed by atoms with E-state index in [9.17, 15) is 22.0 Å². The van der Waals surface area contributed by atoms with Crippen molar-refractivity contribution in [1.29, 1.82) is 0 Å². The number of hydrogen-bond donors (Lipinski definition) is 0. The molecule has 2 aromatic carbocycles. The van der Waals surface area contributed by atoms with Crippen LogP contribution < -0.4 is 10.2 Å². The Hall–Kier alpha value is -2.05. The fourth-order valence-corrected chi connectivity index (χ4v) is 1.94. The Morgan fingerprint density at radius 3 is 2.10 bits per heavy atom. The van der Waals surface area contributed by atoms with E-state index in [-0.39, 0.29) is 5.56 Å². The van der Waals surface area contributed by atoms with Crippen molar-refractivity contribution >= 4 is 13.3 Å². The molecule has 0 aliphatic heterocycles. The monoisotopic (exact) mass is 298 g/mol. The summed E-state index contributed by atoms with van der Waals surface area (Å²) in [7, 11) is 6.20. The average Bonchev–Trinajstić information content (AvgIpc) is 2.43. The first kappa shape index (κ1) is 15.3. The molecule has 108 valence electrons. The molecular formula is C14H8BF5O. The normalized spacial score (nSPS) is 10.8. The summed E-state index contributed by atoms with van der Waals surface area (Å²) in [5.41, 5.74) is -2.54. The number of methoxy groups -OCH3 is 1. The molecule has 0 aliphatic rings. The van der Waals surface area contributed by atoms with Gasteiger partial charge in [0.2, 0.25) is 0 Å². The van der Waals surface area contributed by atoms with Gasteiger partial charge in [0.25, 0.3) is 0 Å². The van der Waals surface area contributed by atoms with Crippen LogP contribution in [0.5, 0.6) is 5.75 Å². The van der Waals surface area contributed by atoms with Crippen molar-refractivity contribution in [1.82, 2.24) is 0 Å². The Balaban J connectivity index is 2.88. The second-order valence-electron chi connectivity index (χ2n) is 4.35. The lowest BCUT2D eigenvalue weighted by Gasteiger charge is -2.14. The maximum atomic E-state index is 14.2.